The van der Waals surface area contributed by atoms with Crippen LogP contribution in [0.2, 0.25) is 5.15 Å². The molecule has 1 aromatic rings. The maximum Gasteiger partial charge on any atom is 0.320 e. The molecule has 0 saturated carbocycles. The number of hydrogen-bond donors (Lipinski definition) is 0. The van der Waals surface area contributed by atoms with Crippen LogP contribution in [0.5, 0.6) is 0 Å². The highest BCUT2D eigenvalue weighted by atomic mass is 35.5. The second kappa shape index (κ2) is 6.88. The van der Waals surface area contributed by atoms with Gasteiger partial charge in [-0.1, -0.05) is 11.6 Å². The molecule has 1 unspecified atom stereocenters. The van der Waals surface area contributed by atoms with Gasteiger partial charge in [0.15, 0.2) is 17.1 Å². The predicted molar refractivity (Wildman–Crippen MR) is 89.4 cm³/mol. The van der Waals surface area contributed by atoms with Crippen LogP contribution in [-0.4, -0.2) is 75.6 Å². The quantitative estimate of drug-likeness (QED) is 0.763. The van der Waals surface area contributed by atoms with E-state index < -0.39 is 0 Å². The van der Waals surface area contributed by atoms with E-state index in [2.05, 4.69) is 15.2 Å². The minimum Gasteiger partial charge on any atom is -0.337 e. The molecule has 2 aliphatic rings. The topological polar surface area (TPSA) is 82.5 Å². The van der Waals surface area contributed by atoms with Crippen molar-refractivity contribution in [2.75, 3.05) is 31.1 Å². The monoisotopic (exact) mass is 352 g/mol. The number of piperidine rings is 1. The fourth-order valence-electron chi connectivity index (χ4n) is 3.29. The van der Waals surface area contributed by atoms with E-state index >= 15 is 0 Å². The third-order valence-electron chi connectivity index (χ3n) is 4.59. The summed E-state index contributed by atoms with van der Waals surface area (Å²) in [6.07, 6.45) is 2.43. The van der Waals surface area contributed by atoms with Gasteiger partial charge < -0.3 is 14.7 Å². The van der Waals surface area contributed by atoms with Crippen LogP contribution in [0.1, 0.15) is 37.2 Å². The van der Waals surface area contributed by atoms with E-state index in [1.54, 1.807) is 0 Å². The highest BCUT2D eigenvalue weighted by molar-refractivity contribution is 6.31. The van der Waals surface area contributed by atoms with Gasteiger partial charge in [0.25, 0.3) is 0 Å². The second-order valence-corrected chi connectivity index (χ2v) is 6.77. The molecule has 1 atom stereocenters. The highest BCUT2D eigenvalue weighted by Gasteiger charge is 2.37. The number of aromatic nitrogens is 3. The summed E-state index contributed by atoms with van der Waals surface area (Å²) >= 11 is 5.95. The molecule has 24 heavy (non-hydrogen) atoms. The highest BCUT2D eigenvalue weighted by Crippen LogP contribution is 2.24. The lowest BCUT2D eigenvalue weighted by Crippen LogP contribution is -2.50. The minimum atomic E-state index is 0.0382. The van der Waals surface area contributed by atoms with Gasteiger partial charge in [-0.15, -0.1) is 10.2 Å². The zero-order valence-electron chi connectivity index (χ0n) is 13.9. The van der Waals surface area contributed by atoms with Crippen LogP contribution in [-0.2, 0) is 0 Å². The molecule has 0 N–H and O–H groups in total. The number of anilines is 1. The van der Waals surface area contributed by atoms with Crippen molar-refractivity contribution >= 4 is 29.9 Å². The molecule has 2 amide bonds. The van der Waals surface area contributed by atoms with E-state index in [4.69, 9.17) is 11.6 Å². The average Bonchev–Trinajstić information content (AvgIpc) is 2.96. The van der Waals surface area contributed by atoms with Crippen molar-refractivity contribution in [2.24, 2.45) is 0 Å². The van der Waals surface area contributed by atoms with E-state index in [0.717, 1.165) is 32.5 Å². The Bertz CT molecular complexity index is 640. The maximum absolute atomic E-state index is 12.6. The lowest BCUT2D eigenvalue weighted by Gasteiger charge is -2.37. The van der Waals surface area contributed by atoms with Crippen LogP contribution >= 0.6 is 11.6 Å². The summed E-state index contributed by atoms with van der Waals surface area (Å²) in [5, 5.41) is 7.85. The van der Waals surface area contributed by atoms with Crippen molar-refractivity contribution in [2.45, 2.75) is 38.8 Å². The van der Waals surface area contributed by atoms with Crippen molar-refractivity contribution < 1.29 is 9.59 Å². The molecule has 3 rings (SSSR count). The van der Waals surface area contributed by atoms with Gasteiger partial charge in [-0.05, 0) is 26.7 Å². The fourth-order valence-corrected chi connectivity index (χ4v) is 3.45. The van der Waals surface area contributed by atoms with Gasteiger partial charge in [-0.25, -0.2) is 4.79 Å². The third kappa shape index (κ3) is 3.15. The van der Waals surface area contributed by atoms with Crippen molar-refractivity contribution in [3.63, 3.8) is 0 Å². The van der Waals surface area contributed by atoms with E-state index in [9.17, 15) is 9.59 Å². The van der Waals surface area contributed by atoms with Gasteiger partial charge in [0, 0.05) is 32.2 Å². The van der Waals surface area contributed by atoms with Crippen LogP contribution in [0.25, 0.3) is 0 Å². The van der Waals surface area contributed by atoms with Crippen LogP contribution in [0.4, 0.5) is 10.7 Å². The first-order valence-electron chi connectivity index (χ1n) is 8.19. The lowest BCUT2D eigenvalue weighted by molar-refractivity contribution is 0.111. The first-order valence-corrected chi connectivity index (χ1v) is 8.56. The molecule has 0 bridgehead atoms. The van der Waals surface area contributed by atoms with Crippen molar-refractivity contribution in [3.05, 3.63) is 10.8 Å². The third-order valence-corrected chi connectivity index (χ3v) is 4.86. The molecule has 0 radical (unpaired) electrons. The van der Waals surface area contributed by atoms with Gasteiger partial charge in [0.1, 0.15) is 0 Å². The Balaban J connectivity index is 1.72. The van der Waals surface area contributed by atoms with E-state index in [1.807, 2.05) is 28.5 Å². The molecular formula is C15H21ClN6O2. The van der Waals surface area contributed by atoms with Gasteiger partial charge >= 0.3 is 6.03 Å². The SMILES string of the molecule is CC(C)N1CCN(C2CCCN(c3nnc(C=O)c(Cl)n3)C2)C1=O. The number of carbonyl (C=O) groups is 2. The summed E-state index contributed by atoms with van der Waals surface area (Å²) in [5.74, 6) is 0.405. The molecule has 1 aromatic heterocycles. The molecule has 2 fully saturated rings. The Morgan fingerprint density at radius 1 is 1.25 bits per heavy atom. The second-order valence-electron chi connectivity index (χ2n) is 6.41. The number of urea groups is 1. The Morgan fingerprint density at radius 2 is 2.04 bits per heavy atom. The maximum atomic E-state index is 12.6. The molecule has 0 aromatic carbocycles. The Kier molecular flexibility index (Phi) is 4.84. The zero-order valence-corrected chi connectivity index (χ0v) is 14.6. The average molecular weight is 353 g/mol. The molecule has 8 nitrogen and oxygen atoms in total. The van der Waals surface area contributed by atoms with Crippen LogP contribution in [0.15, 0.2) is 0 Å². The fraction of sp³-hybridized carbons (Fsp3) is 0.667. The number of rotatable bonds is 4. The predicted octanol–water partition coefficient (Wildman–Crippen LogP) is 1.45. The van der Waals surface area contributed by atoms with Crippen LogP contribution in [0, 0.1) is 0 Å². The van der Waals surface area contributed by atoms with Gasteiger partial charge in [-0.2, -0.15) is 4.98 Å². The summed E-state index contributed by atoms with van der Waals surface area (Å²) < 4.78 is 0. The molecule has 0 spiro atoms. The normalized spacial score (nSPS) is 21.8. The van der Waals surface area contributed by atoms with E-state index in [-0.39, 0.29) is 29.0 Å². The number of halogens is 1. The van der Waals surface area contributed by atoms with Crippen LogP contribution < -0.4 is 4.90 Å². The van der Waals surface area contributed by atoms with E-state index in [0.29, 0.717) is 18.8 Å². The van der Waals surface area contributed by atoms with Gasteiger partial charge in [0.05, 0.1) is 6.04 Å². The summed E-state index contributed by atoms with van der Waals surface area (Å²) in [6, 6.07) is 0.442. The Labute approximate surface area is 145 Å². The summed E-state index contributed by atoms with van der Waals surface area (Å²) in [5.41, 5.74) is 0.0382. The minimum absolute atomic E-state index is 0.0382. The van der Waals surface area contributed by atoms with Crippen molar-refractivity contribution in [1.29, 1.82) is 0 Å². The summed E-state index contributed by atoms with van der Waals surface area (Å²) in [7, 11) is 0. The number of hydrogen-bond acceptors (Lipinski definition) is 6. The lowest BCUT2D eigenvalue weighted by atomic mass is 10.0. The van der Waals surface area contributed by atoms with Gasteiger partial charge in [0.2, 0.25) is 5.95 Å². The number of nitrogens with zero attached hydrogens (tertiary/aromatic N) is 6. The summed E-state index contributed by atoms with van der Waals surface area (Å²) in [4.78, 5) is 33.3. The van der Waals surface area contributed by atoms with Gasteiger partial charge in [-0.3, -0.25) is 4.79 Å². The molecule has 3 heterocycles. The summed E-state index contributed by atoms with van der Waals surface area (Å²) in [6.45, 7) is 7.01. The molecular weight excluding hydrogens is 332 g/mol. The number of amides is 2. The van der Waals surface area contributed by atoms with Crippen molar-refractivity contribution in [3.8, 4) is 0 Å². The molecule has 130 valence electrons. The standard InChI is InChI=1S/C15H21ClN6O2/c1-10(2)21-6-7-22(15(21)24)11-4-3-5-20(8-11)14-17-13(16)12(9-23)18-19-14/h9-11H,3-8H2,1-2H3. The molecule has 2 aliphatic heterocycles. The molecule has 0 aliphatic carbocycles. The Morgan fingerprint density at radius 3 is 2.67 bits per heavy atom. The van der Waals surface area contributed by atoms with E-state index in [1.165, 1.54) is 0 Å². The number of aldehydes is 1. The zero-order chi connectivity index (χ0) is 17.3. The smallest absolute Gasteiger partial charge is 0.320 e. The molecule has 2 saturated heterocycles. The van der Waals surface area contributed by atoms with Crippen molar-refractivity contribution in [1.82, 2.24) is 25.0 Å². The Hall–Kier alpha value is -1.96. The first-order chi connectivity index (χ1) is 11.5. The largest absolute Gasteiger partial charge is 0.337 e. The number of carbonyl (C=O) groups excluding carboxylic acids is 2. The molecule has 9 heteroatoms. The first kappa shape index (κ1) is 16.9. The van der Waals surface area contributed by atoms with Crippen LogP contribution in [0.3, 0.4) is 0 Å².